The molecular formula is C54H50BNO2. The van der Waals surface area contributed by atoms with Gasteiger partial charge in [0.1, 0.15) is 23.0 Å². The molecule has 0 amide bonds. The summed E-state index contributed by atoms with van der Waals surface area (Å²) in [5.74, 6) is 3.54. The minimum Gasteiger partial charge on any atom is -0.458 e. The second kappa shape index (κ2) is 12.1. The Kier molecular flexibility index (Phi) is 7.42. The molecule has 7 aromatic carbocycles. The number of hydrogen-bond donors (Lipinski definition) is 0. The fraction of sp³-hybridized carbons (Fsp3) is 0.259. The molecule has 2 heterocycles. The number of rotatable bonds is 3. The quantitative estimate of drug-likeness (QED) is 0.168. The molecule has 0 spiro atoms. The van der Waals surface area contributed by atoms with Gasteiger partial charge in [0.25, 0.3) is 6.71 Å². The Morgan fingerprint density at radius 2 is 1.22 bits per heavy atom. The van der Waals surface area contributed by atoms with E-state index in [0.29, 0.717) is 0 Å². The second-order valence-corrected chi connectivity index (χ2v) is 19.7. The van der Waals surface area contributed by atoms with Gasteiger partial charge in [-0.3, -0.25) is 0 Å². The molecule has 0 aromatic heterocycles. The highest BCUT2D eigenvalue weighted by atomic mass is 16.5. The molecule has 7 aromatic rings. The first kappa shape index (κ1) is 35.4. The van der Waals surface area contributed by atoms with E-state index in [0.717, 1.165) is 45.5 Å². The smallest absolute Gasteiger partial charge is 0.260 e. The van der Waals surface area contributed by atoms with Gasteiger partial charge in [-0.25, -0.2) is 0 Å². The molecule has 0 fully saturated rings. The summed E-state index contributed by atoms with van der Waals surface area (Å²) in [6, 6.07) is 45.3. The number of fused-ring (bicyclic) bond motifs is 10. The lowest BCUT2D eigenvalue weighted by Gasteiger charge is -2.36. The van der Waals surface area contributed by atoms with E-state index in [1.807, 2.05) is 0 Å². The molecule has 286 valence electrons. The highest BCUT2D eigenvalue weighted by Gasteiger charge is 2.45. The summed E-state index contributed by atoms with van der Waals surface area (Å²) in [5.41, 5.74) is 17.9. The number of nitrogens with zero attached hydrogens (tertiary/aromatic N) is 1. The van der Waals surface area contributed by atoms with Crippen molar-refractivity contribution in [3.63, 3.8) is 0 Å². The third-order valence-corrected chi connectivity index (χ3v) is 13.6. The van der Waals surface area contributed by atoms with E-state index < -0.39 is 0 Å². The van der Waals surface area contributed by atoms with E-state index in [4.69, 9.17) is 9.47 Å². The number of benzene rings is 7. The van der Waals surface area contributed by atoms with Gasteiger partial charge in [-0.1, -0.05) is 128 Å². The molecule has 0 bridgehead atoms. The average Bonchev–Trinajstić information content (AvgIpc) is 3.76. The van der Waals surface area contributed by atoms with Crippen LogP contribution in [0.3, 0.4) is 0 Å². The van der Waals surface area contributed by atoms with Crippen molar-refractivity contribution < 1.29 is 9.47 Å². The molecule has 4 aliphatic rings. The summed E-state index contributed by atoms with van der Waals surface area (Å²) in [6.07, 6.45) is 3.59. The molecule has 3 nitrogen and oxygen atoms in total. The van der Waals surface area contributed by atoms with Crippen LogP contribution in [-0.2, 0) is 29.1 Å². The van der Waals surface area contributed by atoms with Gasteiger partial charge >= 0.3 is 0 Å². The van der Waals surface area contributed by atoms with Gasteiger partial charge < -0.3 is 14.4 Å². The lowest BCUT2D eigenvalue weighted by atomic mass is 9.34. The molecule has 0 N–H and O–H groups in total. The SMILES string of the molecule is CC(C)(C)c1ccc(N(c2cc3c4c(c2)Oc2cc5c(cc2B4c2cc(C(C)(C)C)ccc2O3)C(C)(C)c2c-5ccc3c2CCC3)c2ccc3ccccc3c2)cc1. The Labute approximate surface area is 343 Å². The Bertz CT molecular complexity index is 2870. The third kappa shape index (κ3) is 5.26. The first-order chi connectivity index (χ1) is 27.7. The van der Waals surface area contributed by atoms with Crippen LogP contribution in [0.2, 0.25) is 0 Å². The second-order valence-electron chi connectivity index (χ2n) is 19.7. The Hall–Kier alpha value is -5.74. The van der Waals surface area contributed by atoms with E-state index in [1.54, 1.807) is 5.56 Å². The van der Waals surface area contributed by atoms with Crippen LogP contribution in [-0.4, -0.2) is 6.71 Å². The molecule has 0 saturated heterocycles. The van der Waals surface area contributed by atoms with Gasteiger partial charge in [-0.2, -0.15) is 0 Å². The summed E-state index contributed by atoms with van der Waals surface area (Å²) < 4.78 is 14.3. The Balaban J connectivity index is 1.13. The van der Waals surface area contributed by atoms with Gasteiger partial charge in [0.05, 0.1) is 5.69 Å². The van der Waals surface area contributed by atoms with E-state index in [-0.39, 0.29) is 23.0 Å². The molecular weight excluding hydrogens is 705 g/mol. The van der Waals surface area contributed by atoms with Crippen molar-refractivity contribution in [2.75, 3.05) is 4.90 Å². The average molecular weight is 756 g/mol. The standard InChI is InChI=1S/C54H50BNO2/c1-52(2,3)35-18-22-37(23-19-35)56(38-21-16-32-12-9-10-13-34(32)26-38)39-28-48-51-49(29-39)58-47-30-42-41-24-17-33-14-11-15-40(33)50(41)54(7,8)43(42)31-45(47)55(51)44-27-36(53(4,5)6)20-25-46(44)57-48/h9-10,12-13,16-31H,11,14-15H2,1-8H3. The summed E-state index contributed by atoms with van der Waals surface area (Å²) in [5, 5.41) is 2.41. The van der Waals surface area contributed by atoms with Crippen LogP contribution in [0.4, 0.5) is 17.1 Å². The lowest BCUT2D eigenvalue weighted by Crippen LogP contribution is -2.57. The molecule has 0 saturated carbocycles. The maximum Gasteiger partial charge on any atom is 0.260 e. The van der Waals surface area contributed by atoms with Crippen LogP contribution in [0.15, 0.2) is 121 Å². The van der Waals surface area contributed by atoms with Crippen LogP contribution >= 0.6 is 0 Å². The first-order valence-electron chi connectivity index (χ1n) is 21.2. The zero-order valence-corrected chi connectivity index (χ0v) is 35.0. The zero-order chi connectivity index (χ0) is 39.9. The van der Waals surface area contributed by atoms with E-state index in [2.05, 4.69) is 182 Å². The molecule has 0 atom stereocenters. The minimum atomic E-state index is -0.105. The molecule has 58 heavy (non-hydrogen) atoms. The van der Waals surface area contributed by atoms with E-state index in [9.17, 15) is 0 Å². The fourth-order valence-electron chi connectivity index (χ4n) is 10.5. The van der Waals surface area contributed by atoms with Crippen molar-refractivity contribution in [2.45, 2.75) is 90.9 Å². The van der Waals surface area contributed by atoms with Crippen LogP contribution in [0.25, 0.3) is 21.9 Å². The monoisotopic (exact) mass is 755 g/mol. The Morgan fingerprint density at radius 1 is 0.552 bits per heavy atom. The van der Waals surface area contributed by atoms with Gasteiger partial charge in [0.15, 0.2) is 0 Å². The summed E-state index contributed by atoms with van der Waals surface area (Å²) in [6.45, 7) is 18.5. The molecule has 2 aliphatic heterocycles. The van der Waals surface area contributed by atoms with Crippen molar-refractivity contribution >= 4 is 50.9 Å². The maximum atomic E-state index is 7.23. The van der Waals surface area contributed by atoms with Crippen LogP contribution < -0.4 is 30.8 Å². The topological polar surface area (TPSA) is 21.7 Å². The minimum absolute atomic E-state index is 0.0131. The normalized spacial score (nSPS) is 15.4. The summed E-state index contributed by atoms with van der Waals surface area (Å²) in [4.78, 5) is 2.35. The highest BCUT2D eigenvalue weighted by Crippen LogP contribution is 2.53. The molecule has 2 aliphatic carbocycles. The summed E-state index contributed by atoms with van der Waals surface area (Å²) >= 11 is 0. The van der Waals surface area contributed by atoms with E-state index in [1.165, 1.54) is 79.9 Å². The van der Waals surface area contributed by atoms with Crippen LogP contribution in [0.5, 0.6) is 23.0 Å². The van der Waals surface area contributed by atoms with Crippen LogP contribution in [0, 0.1) is 0 Å². The summed E-state index contributed by atoms with van der Waals surface area (Å²) in [7, 11) is 0. The Morgan fingerprint density at radius 3 is 1.97 bits per heavy atom. The van der Waals surface area contributed by atoms with Crippen molar-refractivity contribution in [3.05, 3.63) is 155 Å². The number of ether oxygens (including phenoxy) is 2. The molecule has 11 rings (SSSR count). The predicted octanol–water partition coefficient (Wildman–Crippen LogP) is 12.4. The van der Waals surface area contributed by atoms with Gasteiger partial charge in [0.2, 0.25) is 0 Å². The highest BCUT2D eigenvalue weighted by molar-refractivity contribution is 6.98. The zero-order valence-electron chi connectivity index (χ0n) is 35.0. The largest absolute Gasteiger partial charge is 0.458 e. The number of anilines is 3. The van der Waals surface area contributed by atoms with Gasteiger partial charge in [-0.05, 0) is 133 Å². The van der Waals surface area contributed by atoms with Crippen molar-refractivity contribution in [2.24, 2.45) is 0 Å². The third-order valence-electron chi connectivity index (χ3n) is 13.6. The molecule has 0 radical (unpaired) electrons. The van der Waals surface area contributed by atoms with E-state index >= 15 is 0 Å². The van der Waals surface area contributed by atoms with Crippen molar-refractivity contribution in [1.29, 1.82) is 0 Å². The molecule has 0 unspecified atom stereocenters. The number of hydrogen-bond acceptors (Lipinski definition) is 3. The van der Waals surface area contributed by atoms with Crippen molar-refractivity contribution in [1.82, 2.24) is 0 Å². The van der Waals surface area contributed by atoms with Gasteiger partial charge in [0, 0.05) is 34.4 Å². The fourth-order valence-corrected chi connectivity index (χ4v) is 10.5. The van der Waals surface area contributed by atoms with Crippen molar-refractivity contribution in [3.8, 4) is 34.1 Å². The number of aryl methyl sites for hydroxylation is 1. The maximum absolute atomic E-state index is 7.23. The molecule has 4 heteroatoms. The lowest BCUT2D eigenvalue weighted by molar-refractivity contribution is 0.464. The predicted molar refractivity (Wildman–Crippen MR) is 243 cm³/mol. The van der Waals surface area contributed by atoms with Gasteiger partial charge in [-0.15, -0.1) is 0 Å². The van der Waals surface area contributed by atoms with Crippen LogP contribution in [0.1, 0.15) is 95.2 Å². The first-order valence-corrected chi connectivity index (χ1v) is 21.2.